The van der Waals surface area contributed by atoms with E-state index in [-0.39, 0.29) is 0 Å². The Morgan fingerprint density at radius 2 is 1.50 bits per heavy atom. The molecule has 0 saturated carbocycles. The van der Waals surface area contributed by atoms with Gasteiger partial charge in [0.1, 0.15) is 0 Å². The first-order valence-corrected chi connectivity index (χ1v) is 11.9. The largest absolute Gasteiger partial charge is 0.378 e. The smallest absolute Gasteiger partial charge is 0.0642 e. The van der Waals surface area contributed by atoms with Gasteiger partial charge in [0, 0.05) is 54.2 Å². The fourth-order valence-corrected chi connectivity index (χ4v) is 4.84. The van der Waals surface area contributed by atoms with Crippen LogP contribution in [0, 0.1) is 0 Å². The lowest BCUT2D eigenvalue weighted by molar-refractivity contribution is 0.122. The molecular weight excluding hydrogens is 418 g/mol. The summed E-state index contributed by atoms with van der Waals surface area (Å²) in [5.74, 6) is 0. The van der Waals surface area contributed by atoms with Crippen molar-refractivity contribution in [1.29, 1.82) is 0 Å². The van der Waals surface area contributed by atoms with Crippen molar-refractivity contribution in [3.63, 3.8) is 0 Å². The molecule has 1 fully saturated rings. The van der Waals surface area contributed by atoms with Crippen molar-refractivity contribution in [2.75, 3.05) is 31.2 Å². The molecule has 6 rings (SSSR count). The minimum Gasteiger partial charge on any atom is -0.378 e. The van der Waals surface area contributed by atoms with E-state index >= 15 is 0 Å². The summed E-state index contributed by atoms with van der Waals surface area (Å²) in [6.45, 7) is 4.30. The summed E-state index contributed by atoms with van der Waals surface area (Å²) in [7, 11) is 0. The standard InChI is InChI=1S/C30H27N3O/c1-2-9-28-23(6-1)7-5-8-24(28)21-33-22-25(29-10-3-4-11-30(29)33)20-31-26-12-14-27(15-13-26)32-16-18-34-19-17-32/h1-15,20,22H,16-19,21H2. The van der Waals surface area contributed by atoms with Crippen LogP contribution in [0.1, 0.15) is 11.1 Å². The SMILES string of the molecule is C(=Nc1ccc(N2CCOCC2)cc1)c1cn(Cc2cccc3ccccc23)c2ccccc12. The minimum atomic E-state index is 0.794. The summed E-state index contributed by atoms with van der Waals surface area (Å²) in [5.41, 5.74) is 5.87. The number of fused-ring (bicyclic) bond motifs is 2. The van der Waals surface area contributed by atoms with E-state index in [0.717, 1.165) is 44.1 Å². The summed E-state index contributed by atoms with van der Waals surface area (Å²) in [6.07, 6.45) is 4.21. The first kappa shape index (κ1) is 20.7. The van der Waals surface area contributed by atoms with Crippen molar-refractivity contribution < 1.29 is 4.74 Å². The third-order valence-electron chi connectivity index (χ3n) is 6.62. The molecule has 34 heavy (non-hydrogen) atoms. The monoisotopic (exact) mass is 445 g/mol. The Labute approximate surface area is 199 Å². The summed E-state index contributed by atoms with van der Waals surface area (Å²) in [6, 6.07) is 32.2. The highest BCUT2D eigenvalue weighted by Crippen LogP contribution is 2.26. The van der Waals surface area contributed by atoms with Crippen LogP contribution >= 0.6 is 0 Å². The van der Waals surface area contributed by atoms with Crippen LogP contribution in [-0.4, -0.2) is 37.1 Å². The molecular formula is C30H27N3O. The van der Waals surface area contributed by atoms with Gasteiger partial charge in [0.15, 0.2) is 0 Å². The van der Waals surface area contributed by atoms with E-state index in [1.807, 2.05) is 6.21 Å². The number of morpholine rings is 1. The van der Waals surface area contributed by atoms with Crippen molar-refractivity contribution in [2.24, 2.45) is 4.99 Å². The molecule has 168 valence electrons. The molecule has 0 aliphatic carbocycles. The second-order valence-corrected chi connectivity index (χ2v) is 8.74. The molecule has 0 amide bonds. The lowest BCUT2D eigenvalue weighted by Gasteiger charge is -2.28. The first-order chi connectivity index (χ1) is 16.8. The van der Waals surface area contributed by atoms with Crippen LogP contribution in [-0.2, 0) is 11.3 Å². The molecule has 4 nitrogen and oxygen atoms in total. The molecule has 0 spiro atoms. The molecule has 0 radical (unpaired) electrons. The van der Waals surface area contributed by atoms with Crippen LogP contribution in [0.2, 0.25) is 0 Å². The minimum absolute atomic E-state index is 0.794. The number of para-hydroxylation sites is 1. The lowest BCUT2D eigenvalue weighted by atomic mass is 10.0. The molecule has 0 unspecified atom stereocenters. The van der Waals surface area contributed by atoms with Crippen LogP contribution in [0.3, 0.4) is 0 Å². The molecule has 2 heterocycles. The van der Waals surface area contributed by atoms with Gasteiger partial charge in [-0.1, -0.05) is 60.7 Å². The number of anilines is 1. The van der Waals surface area contributed by atoms with E-state index in [1.54, 1.807) is 0 Å². The maximum Gasteiger partial charge on any atom is 0.0642 e. The second kappa shape index (κ2) is 9.16. The van der Waals surface area contributed by atoms with Crippen LogP contribution in [0.5, 0.6) is 0 Å². The summed E-state index contributed by atoms with van der Waals surface area (Å²) >= 11 is 0. The third kappa shape index (κ3) is 4.09. The molecule has 1 aliphatic rings. The Balaban J connectivity index is 1.29. The zero-order chi connectivity index (χ0) is 22.7. The van der Waals surface area contributed by atoms with E-state index in [1.165, 1.54) is 32.9 Å². The number of hydrogen-bond donors (Lipinski definition) is 0. The van der Waals surface area contributed by atoms with Crippen molar-refractivity contribution in [3.8, 4) is 0 Å². The van der Waals surface area contributed by atoms with E-state index in [9.17, 15) is 0 Å². The first-order valence-electron chi connectivity index (χ1n) is 11.9. The zero-order valence-corrected chi connectivity index (χ0v) is 19.1. The van der Waals surface area contributed by atoms with Crippen molar-refractivity contribution in [2.45, 2.75) is 6.54 Å². The normalized spacial score (nSPS) is 14.4. The van der Waals surface area contributed by atoms with Gasteiger partial charge in [-0.05, 0) is 46.7 Å². The highest BCUT2D eigenvalue weighted by Gasteiger charge is 2.11. The van der Waals surface area contributed by atoms with Gasteiger partial charge in [-0.25, -0.2) is 0 Å². The van der Waals surface area contributed by atoms with Crippen LogP contribution < -0.4 is 4.90 Å². The molecule has 0 N–H and O–H groups in total. The number of aliphatic imine (C=N–C) groups is 1. The van der Waals surface area contributed by atoms with Gasteiger partial charge >= 0.3 is 0 Å². The van der Waals surface area contributed by atoms with Crippen molar-refractivity contribution in [1.82, 2.24) is 4.57 Å². The van der Waals surface area contributed by atoms with E-state index in [0.29, 0.717) is 0 Å². The van der Waals surface area contributed by atoms with Crippen molar-refractivity contribution in [3.05, 3.63) is 108 Å². The average Bonchev–Trinajstić information content (AvgIpc) is 3.26. The van der Waals surface area contributed by atoms with Gasteiger partial charge in [0.05, 0.1) is 18.9 Å². The maximum absolute atomic E-state index is 5.46. The topological polar surface area (TPSA) is 29.8 Å². The molecule has 1 aromatic heterocycles. The molecule has 5 aromatic rings. The number of hydrogen-bond acceptors (Lipinski definition) is 3. The number of rotatable bonds is 5. The third-order valence-corrected chi connectivity index (χ3v) is 6.62. The quantitative estimate of drug-likeness (QED) is 0.292. The fraction of sp³-hybridized carbons (Fsp3) is 0.167. The van der Waals surface area contributed by atoms with Gasteiger partial charge in [-0.2, -0.15) is 0 Å². The Hall–Kier alpha value is -3.89. The molecule has 4 heteroatoms. The predicted molar refractivity (Wildman–Crippen MR) is 142 cm³/mol. The highest BCUT2D eigenvalue weighted by atomic mass is 16.5. The van der Waals surface area contributed by atoms with Crippen LogP contribution in [0.4, 0.5) is 11.4 Å². The van der Waals surface area contributed by atoms with E-state index < -0.39 is 0 Å². The Morgan fingerprint density at radius 1 is 0.765 bits per heavy atom. The van der Waals surface area contributed by atoms with Gasteiger partial charge in [-0.15, -0.1) is 0 Å². The molecule has 4 aromatic carbocycles. The average molecular weight is 446 g/mol. The van der Waals surface area contributed by atoms with Gasteiger partial charge in [0.2, 0.25) is 0 Å². The summed E-state index contributed by atoms with van der Waals surface area (Å²) in [5, 5.41) is 3.80. The zero-order valence-electron chi connectivity index (χ0n) is 19.1. The maximum atomic E-state index is 5.46. The van der Waals surface area contributed by atoms with E-state index in [2.05, 4.69) is 107 Å². The molecule has 0 atom stereocenters. The number of aromatic nitrogens is 1. The van der Waals surface area contributed by atoms with Gasteiger partial charge < -0.3 is 14.2 Å². The lowest BCUT2D eigenvalue weighted by Crippen LogP contribution is -2.36. The van der Waals surface area contributed by atoms with Gasteiger partial charge in [-0.3, -0.25) is 4.99 Å². The summed E-state index contributed by atoms with van der Waals surface area (Å²) in [4.78, 5) is 7.16. The Morgan fingerprint density at radius 3 is 2.35 bits per heavy atom. The number of benzene rings is 4. The molecule has 0 bridgehead atoms. The number of ether oxygens (including phenoxy) is 1. The molecule has 1 saturated heterocycles. The Kier molecular flexibility index (Phi) is 5.58. The highest BCUT2D eigenvalue weighted by molar-refractivity contribution is 6.00. The van der Waals surface area contributed by atoms with E-state index in [4.69, 9.17) is 9.73 Å². The van der Waals surface area contributed by atoms with Crippen molar-refractivity contribution >= 4 is 39.3 Å². The Bertz CT molecular complexity index is 1450. The van der Waals surface area contributed by atoms with Gasteiger partial charge in [0.25, 0.3) is 0 Å². The molecule has 1 aliphatic heterocycles. The fourth-order valence-electron chi connectivity index (χ4n) is 4.84. The predicted octanol–water partition coefficient (Wildman–Crippen LogP) is 6.43. The summed E-state index contributed by atoms with van der Waals surface area (Å²) < 4.78 is 7.79. The van der Waals surface area contributed by atoms with Crippen LogP contribution in [0.25, 0.3) is 21.7 Å². The van der Waals surface area contributed by atoms with Crippen LogP contribution in [0.15, 0.2) is 102 Å². The number of nitrogens with zero attached hydrogens (tertiary/aromatic N) is 3. The second-order valence-electron chi connectivity index (χ2n) is 8.74.